The lowest BCUT2D eigenvalue weighted by Crippen LogP contribution is -2.31. The van der Waals surface area contributed by atoms with Crippen LogP contribution in [0.25, 0.3) is 0 Å². The normalized spacial score (nSPS) is 11.0. The van der Waals surface area contributed by atoms with E-state index in [1.807, 2.05) is 6.07 Å². The van der Waals surface area contributed by atoms with E-state index in [-0.39, 0.29) is 0 Å². The van der Waals surface area contributed by atoms with Gasteiger partial charge in [-0.3, -0.25) is 0 Å². The Kier molecular flexibility index (Phi) is 7.80. The molecule has 0 amide bonds. The molecule has 0 bridgehead atoms. The Labute approximate surface area is 146 Å². The zero-order valence-electron chi connectivity index (χ0n) is 15.2. The number of rotatable bonds is 10. The fourth-order valence-electron chi connectivity index (χ4n) is 2.69. The summed E-state index contributed by atoms with van der Waals surface area (Å²) in [7, 11) is 0. The van der Waals surface area contributed by atoms with Gasteiger partial charge < -0.3 is 15.0 Å². The zero-order valence-corrected chi connectivity index (χ0v) is 15.2. The molecule has 1 N–H and O–H groups in total. The number of ether oxygens (including phenoxy) is 1. The molecule has 0 unspecified atom stereocenters. The van der Waals surface area contributed by atoms with Gasteiger partial charge in [-0.1, -0.05) is 50.2 Å². The van der Waals surface area contributed by atoms with E-state index >= 15 is 0 Å². The summed E-state index contributed by atoms with van der Waals surface area (Å²) < 4.78 is 5.96. The minimum atomic E-state index is 0.617. The molecular formula is C21H30N2O. The summed E-state index contributed by atoms with van der Waals surface area (Å²) >= 11 is 0. The van der Waals surface area contributed by atoms with Crippen molar-refractivity contribution in [3.05, 3.63) is 65.2 Å². The summed E-state index contributed by atoms with van der Waals surface area (Å²) in [4.78, 5) is 2.43. The highest BCUT2D eigenvalue weighted by molar-refractivity contribution is 5.30. The number of likely N-dealkylation sites (N-methyl/N-ethyl adjacent to an activating group) is 1. The summed E-state index contributed by atoms with van der Waals surface area (Å²) in [6.07, 6.45) is 0. The van der Waals surface area contributed by atoms with E-state index in [0.29, 0.717) is 6.61 Å². The molecule has 0 heterocycles. The lowest BCUT2D eigenvalue weighted by Gasteiger charge is -2.18. The third-order valence-electron chi connectivity index (χ3n) is 4.38. The van der Waals surface area contributed by atoms with E-state index in [1.165, 1.54) is 16.7 Å². The van der Waals surface area contributed by atoms with Gasteiger partial charge in [0.1, 0.15) is 12.4 Å². The van der Waals surface area contributed by atoms with Gasteiger partial charge in [0.2, 0.25) is 0 Å². The molecule has 0 aliphatic carbocycles. The maximum absolute atomic E-state index is 5.96. The van der Waals surface area contributed by atoms with Gasteiger partial charge in [-0.05, 0) is 48.8 Å². The van der Waals surface area contributed by atoms with Gasteiger partial charge in [-0.25, -0.2) is 0 Å². The smallest absolute Gasteiger partial charge is 0.120 e. The van der Waals surface area contributed by atoms with Crippen molar-refractivity contribution in [2.45, 2.75) is 33.9 Å². The number of nitrogens with one attached hydrogen (secondary N) is 1. The Balaban J connectivity index is 1.80. The molecule has 2 rings (SSSR count). The molecule has 0 atom stereocenters. The average Bonchev–Trinajstić information content (AvgIpc) is 2.61. The van der Waals surface area contributed by atoms with E-state index in [1.54, 1.807) is 0 Å². The van der Waals surface area contributed by atoms with Crippen molar-refractivity contribution in [2.24, 2.45) is 0 Å². The number of aryl methyl sites for hydroxylation is 1. The van der Waals surface area contributed by atoms with E-state index in [2.05, 4.69) is 73.5 Å². The van der Waals surface area contributed by atoms with Crippen LogP contribution < -0.4 is 10.1 Å². The number of hydrogen-bond acceptors (Lipinski definition) is 3. The second-order valence-corrected chi connectivity index (χ2v) is 6.07. The number of nitrogens with zero attached hydrogens (tertiary/aromatic N) is 1. The fraction of sp³-hybridized carbons (Fsp3) is 0.429. The van der Waals surface area contributed by atoms with Gasteiger partial charge in [0.25, 0.3) is 0 Å². The Morgan fingerprint density at radius 1 is 1.00 bits per heavy atom. The van der Waals surface area contributed by atoms with Crippen LogP contribution in [0.2, 0.25) is 0 Å². The van der Waals surface area contributed by atoms with Crippen molar-refractivity contribution in [2.75, 3.05) is 26.2 Å². The number of benzene rings is 2. The van der Waals surface area contributed by atoms with Gasteiger partial charge in [-0.15, -0.1) is 0 Å². The van der Waals surface area contributed by atoms with Crippen LogP contribution >= 0.6 is 0 Å². The minimum absolute atomic E-state index is 0.617. The standard InChI is InChI=1S/C21H30N2O/c1-4-23(5-2)14-13-22-16-19-10-8-12-21(15-19)24-17-20-11-7-6-9-18(20)3/h6-12,15,22H,4-5,13-14,16-17H2,1-3H3. The van der Waals surface area contributed by atoms with Crippen LogP contribution in [0, 0.1) is 6.92 Å². The van der Waals surface area contributed by atoms with E-state index in [9.17, 15) is 0 Å². The first-order valence-corrected chi connectivity index (χ1v) is 8.92. The van der Waals surface area contributed by atoms with Crippen LogP contribution in [0.5, 0.6) is 5.75 Å². The molecule has 3 heteroatoms. The highest BCUT2D eigenvalue weighted by atomic mass is 16.5. The van der Waals surface area contributed by atoms with Crippen LogP contribution in [-0.2, 0) is 13.2 Å². The topological polar surface area (TPSA) is 24.5 Å². The first-order chi connectivity index (χ1) is 11.7. The lowest BCUT2D eigenvalue weighted by molar-refractivity contribution is 0.301. The van der Waals surface area contributed by atoms with Crippen LogP contribution in [0.1, 0.15) is 30.5 Å². The molecule has 0 saturated carbocycles. The van der Waals surface area contributed by atoms with Crippen molar-refractivity contribution < 1.29 is 4.74 Å². The van der Waals surface area contributed by atoms with Crippen molar-refractivity contribution in [3.8, 4) is 5.75 Å². The van der Waals surface area contributed by atoms with E-state index in [0.717, 1.165) is 38.5 Å². The predicted molar refractivity (Wildman–Crippen MR) is 101 cm³/mol. The molecule has 0 aromatic heterocycles. The van der Waals surface area contributed by atoms with Crippen LogP contribution in [0.4, 0.5) is 0 Å². The highest BCUT2D eigenvalue weighted by Gasteiger charge is 2.01. The first-order valence-electron chi connectivity index (χ1n) is 8.92. The molecule has 24 heavy (non-hydrogen) atoms. The van der Waals surface area contributed by atoms with Crippen LogP contribution in [-0.4, -0.2) is 31.1 Å². The largest absolute Gasteiger partial charge is 0.489 e. The summed E-state index contributed by atoms with van der Waals surface area (Å²) in [6.45, 7) is 12.4. The maximum atomic E-state index is 5.96. The molecule has 2 aromatic rings. The lowest BCUT2D eigenvalue weighted by atomic mass is 10.1. The van der Waals surface area contributed by atoms with Crippen LogP contribution in [0.3, 0.4) is 0 Å². The first kappa shape index (κ1) is 18.5. The Morgan fingerprint density at radius 3 is 2.54 bits per heavy atom. The molecule has 0 aliphatic heterocycles. The average molecular weight is 326 g/mol. The fourth-order valence-corrected chi connectivity index (χ4v) is 2.69. The molecule has 0 aliphatic rings. The maximum Gasteiger partial charge on any atom is 0.120 e. The molecule has 2 aromatic carbocycles. The third-order valence-corrected chi connectivity index (χ3v) is 4.38. The van der Waals surface area contributed by atoms with Gasteiger partial charge in [0, 0.05) is 19.6 Å². The molecular weight excluding hydrogens is 296 g/mol. The van der Waals surface area contributed by atoms with E-state index < -0.39 is 0 Å². The van der Waals surface area contributed by atoms with E-state index in [4.69, 9.17) is 4.74 Å². The monoisotopic (exact) mass is 326 g/mol. The summed E-state index contributed by atoms with van der Waals surface area (Å²) in [5, 5.41) is 3.51. The van der Waals surface area contributed by atoms with Crippen molar-refractivity contribution in [1.82, 2.24) is 10.2 Å². The Morgan fingerprint density at radius 2 is 1.79 bits per heavy atom. The molecule has 3 nitrogen and oxygen atoms in total. The SMILES string of the molecule is CCN(CC)CCNCc1cccc(OCc2ccccc2C)c1. The number of hydrogen-bond donors (Lipinski definition) is 1. The Bertz CT molecular complexity index is 608. The Hall–Kier alpha value is -1.84. The van der Waals surface area contributed by atoms with Gasteiger partial charge in [0.15, 0.2) is 0 Å². The second-order valence-electron chi connectivity index (χ2n) is 6.07. The molecule has 0 spiro atoms. The molecule has 130 valence electrons. The quantitative estimate of drug-likeness (QED) is 0.668. The minimum Gasteiger partial charge on any atom is -0.489 e. The summed E-state index contributed by atoms with van der Waals surface area (Å²) in [6, 6.07) is 16.7. The van der Waals surface area contributed by atoms with Gasteiger partial charge in [0.05, 0.1) is 0 Å². The summed E-state index contributed by atoms with van der Waals surface area (Å²) in [5.74, 6) is 0.932. The predicted octanol–water partition coefficient (Wildman–Crippen LogP) is 4.01. The summed E-state index contributed by atoms with van der Waals surface area (Å²) in [5.41, 5.74) is 3.77. The van der Waals surface area contributed by atoms with Gasteiger partial charge >= 0.3 is 0 Å². The third kappa shape index (κ3) is 5.99. The van der Waals surface area contributed by atoms with Crippen molar-refractivity contribution in [1.29, 1.82) is 0 Å². The second kappa shape index (κ2) is 10.1. The molecule has 0 fully saturated rings. The van der Waals surface area contributed by atoms with Gasteiger partial charge in [-0.2, -0.15) is 0 Å². The highest BCUT2D eigenvalue weighted by Crippen LogP contribution is 2.16. The molecule has 0 radical (unpaired) electrons. The zero-order chi connectivity index (χ0) is 17.2. The van der Waals surface area contributed by atoms with Crippen molar-refractivity contribution >= 4 is 0 Å². The molecule has 0 saturated heterocycles. The van der Waals surface area contributed by atoms with Crippen LogP contribution in [0.15, 0.2) is 48.5 Å². The van der Waals surface area contributed by atoms with Crippen molar-refractivity contribution in [3.63, 3.8) is 0 Å².